The second-order valence-corrected chi connectivity index (χ2v) is 7.38. The van der Waals surface area contributed by atoms with Crippen molar-refractivity contribution in [2.24, 2.45) is 0 Å². The van der Waals surface area contributed by atoms with E-state index in [-0.39, 0.29) is 23.7 Å². The van der Waals surface area contributed by atoms with Crippen molar-refractivity contribution in [1.29, 1.82) is 0 Å². The van der Waals surface area contributed by atoms with E-state index in [1.165, 1.54) is 35.8 Å². The van der Waals surface area contributed by atoms with Gasteiger partial charge in [-0.05, 0) is 12.5 Å². The van der Waals surface area contributed by atoms with Crippen molar-refractivity contribution >= 4 is 12.0 Å². The summed E-state index contributed by atoms with van der Waals surface area (Å²) in [6.07, 6.45) is 8.96. The predicted molar refractivity (Wildman–Crippen MR) is 113 cm³/mol. The van der Waals surface area contributed by atoms with Crippen molar-refractivity contribution in [3.8, 4) is 0 Å². The molecule has 0 radical (unpaired) electrons. The van der Waals surface area contributed by atoms with Gasteiger partial charge < -0.3 is 19.5 Å². The molecular formula is C21H33N3O6. The number of hydrogen-bond donors (Lipinski definition) is 2. The van der Waals surface area contributed by atoms with Gasteiger partial charge in [-0.3, -0.25) is 19.1 Å². The predicted octanol–water partition coefficient (Wildman–Crippen LogP) is 1.59. The normalized spacial score (nSPS) is 21.4. The molecule has 0 bridgehead atoms. The molecule has 1 unspecified atom stereocenters. The minimum atomic E-state index is -0.594. The number of amides is 1. The maximum Gasteiger partial charge on any atom is 0.330 e. The minimum absolute atomic E-state index is 0.195. The first-order valence-electron chi connectivity index (χ1n) is 10.5. The molecule has 1 aliphatic heterocycles. The van der Waals surface area contributed by atoms with E-state index < -0.39 is 17.5 Å². The van der Waals surface area contributed by atoms with Gasteiger partial charge in [-0.2, -0.15) is 0 Å². The average Bonchev–Trinajstić information content (AvgIpc) is 3.13. The van der Waals surface area contributed by atoms with Crippen LogP contribution in [-0.4, -0.2) is 55.0 Å². The number of carbonyl (C=O) groups excluding carboxylic acids is 1. The molecule has 2 heterocycles. The number of nitrogens with one attached hydrogen (secondary N) is 2. The molecule has 1 fully saturated rings. The van der Waals surface area contributed by atoms with Crippen LogP contribution in [-0.2, 0) is 19.0 Å². The zero-order valence-corrected chi connectivity index (χ0v) is 18.0. The Bertz CT molecular complexity index is 816. The summed E-state index contributed by atoms with van der Waals surface area (Å²) in [5.41, 5.74) is -0.943. The molecule has 168 valence electrons. The summed E-state index contributed by atoms with van der Waals surface area (Å²) in [5, 5.41) is 2.80. The van der Waals surface area contributed by atoms with Crippen LogP contribution in [0.1, 0.15) is 57.2 Å². The van der Waals surface area contributed by atoms with Gasteiger partial charge in [0.1, 0.15) is 12.3 Å². The lowest BCUT2D eigenvalue weighted by atomic mass is 10.1. The van der Waals surface area contributed by atoms with E-state index in [0.29, 0.717) is 19.6 Å². The van der Waals surface area contributed by atoms with Crippen molar-refractivity contribution in [3.63, 3.8) is 0 Å². The summed E-state index contributed by atoms with van der Waals surface area (Å²) in [7, 11) is 3.14. The zero-order valence-electron chi connectivity index (χ0n) is 18.0. The van der Waals surface area contributed by atoms with Gasteiger partial charge in [0.2, 0.25) is 5.91 Å². The molecule has 0 aliphatic carbocycles. The van der Waals surface area contributed by atoms with Crippen LogP contribution in [0.4, 0.5) is 0 Å². The van der Waals surface area contributed by atoms with E-state index in [4.69, 9.17) is 14.2 Å². The summed E-state index contributed by atoms with van der Waals surface area (Å²) in [6, 6.07) is 0. The molecule has 30 heavy (non-hydrogen) atoms. The van der Waals surface area contributed by atoms with E-state index in [1.807, 2.05) is 0 Å². The molecule has 0 spiro atoms. The Balaban J connectivity index is 2.01. The number of aromatic nitrogens is 2. The molecule has 1 saturated heterocycles. The van der Waals surface area contributed by atoms with Crippen LogP contribution in [0.3, 0.4) is 0 Å². The van der Waals surface area contributed by atoms with Gasteiger partial charge in [0.05, 0.1) is 18.3 Å². The fourth-order valence-corrected chi connectivity index (χ4v) is 3.43. The maximum atomic E-state index is 12.3. The van der Waals surface area contributed by atoms with E-state index in [2.05, 4.69) is 17.2 Å². The lowest BCUT2D eigenvalue weighted by Crippen LogP contribution is -2.33. The highest BCUT2D eigenvalue weighted by atomic mass is 16.6. The number of unbranched alkanes of at least 4 members (excludes halogenated alkanes) is 4. The highest BCUT2D eigenvalue weighted by Crippen LogP contribution is 2.29. The molecule has 0 aromatic carbocycles. The lowest BCUT2D eigenvalue weighted by Gasteiger charge is -2.16. The molecule has 1 aliphatic rings. The molecule has 1 aromatic rings. The SMILES string of the molecule is CCCCCCCNC(=O)/C=C/c1cn([C@H]2CC(OC)[C@@H](COC)O2)c(=O)[nH]c1=O. The number of nitrogens with zero attached hydrogens (tertiary/aromatic N) is 1. The van der Waals surface area contributed by atoms with Crippen LogP contribution in [0.25, 0.3) is 6.08 Å². The van der Waals surface area contributed by atoms with Gasteiger partial charge >= 0.3 is 5.69 Å². The van der Waals surface area contributed by atoms with Gasteiger partial charge in [0.25, 0.3) is 5.56 Å². The Labute approximate surface area is 176 Å². The Hall–Kier alpha value is -2.23. The summed E-state index contributed by atoms with van der Waals surface area (Å²) < 4.78 is 17.7. The minimum Gasteiger partial charge on any atom is -0.382 e. The lowest BCUT2D eigenvalue weighted by molar-refractivity contribution is -0.116. The standard InChI is InChI=1S/C21H33N3O6/c1-4-5-6-7-8-11-22-18(25)10-9-15-13-24(21(27)23-20(15)26)19-12-16(29-3)17(30-19)14-28-2/h9-10,13,16-17,19H,4-8,11-12,14H2,1-3H3,(H,22,25)(H,23,26,27)/b10-9+/t16?,17-,19-/m1/s1. The topological polar surface area (TPSA) is 112 Å². The highest BCUT2D eigenvalue weighted by Gasteiger charge is 2.36. The zero-order chi connectivity index (χ0) is 21.9. The van der Waals surface area contributed by atoms with E-state index in [0.717, 1.165) is 19.3 Å². The van der Waals surface area contributed by atoms with Gasteiger partial charge in [0, 0.05) is 39.5 Å². The number of carbonyl (C=O) groups is 1. The van der Waals surface area contributed by atoms with Crippen LogP contribution in [0.5, 0.6) is 0 Å². The van der Waals surface area contributed by atoms with Crippen molar-refractivity contribution < 1.29 is 19.0 Å². The molecule has 0 saturated carbocycles. The number of aromatic amines is 1. The van der Waals surface area contributed by atoms with Crippen molar-refractivity contribution in [1.82, 2.24) is 14.9 Å². The average molecular weight is 424 g/mol. The Morgan fingerprint density at radius 1 is 1.30 bits per heavy atom. The van der Waals surface area contributed by atoms with E-state index in [1.54, 1.807) is 14.2 Å². The van der Waals surface area contributed by atoms with Crippen molar-refractivity contribution in [3.05, 3.63) is 38.7 Å². The number of hydrogen-bond acceptors (Lipinski definition) is 6. The quantitative estimate of drug-likeness (QED) is 0.390. The summed E-state index contributed by atoms with van der Waals surface area (Å²) >= 11 is 0. The number of ether oxygens (including phenoxy) is 3. The summed E-state index contributed by atoms with van der Waals surface area (Å²) in [6.45, 7) is 3.08. The first-order chi connectivity index (χ1) is 14.5. The first-order valence-corrected chi connectivity index (χ1v) is 10.5. The number of rotatable bonds is 12. The van der Waals surface area contributed by atoms with Crippen molar-refractivity contribution in [2.45, 2.75) is 63.9 Å². The monoisotopic (exact) mass is 423 g/mol. The molecule has 3 atom stereocenters. The smallest absolute Gasteiger partial charge is 0.330 e. The third-order valence-electron chi connectivity index (χ3n) is 5.11. The molecule has 9 heteroatoms. The van der Waals surface area contributed by atoms with Gasteiger partial charge in [-0.1, -0.05) is 32.6 Å². The third kappa shape index (κ3) is 6.93. The molecule has 1 aromatic heterocycles. The number of H-pyrrole nitrogens is 1. The Kier molecular flexibility index (Phi) is 9.99. The van der Waals surface area contributed by atoms with Crippen LogP contribution >= 0.6 is 0 Å². The maximum absolute atomic E-state index is 12.3. The van der Waals surface area contributed by atoms with Gasteiger partial charge in [0.15, 0.2) is 0 Å². The van der Waals surface area contributed by atoms with Crippen LogP contribution < -0.4 is 16.6 Å². The third-order valence-corrected chi connectivity index (χ3v) is 5.11. The fraction of sp³-hybridized carbons (Fsp3) is 0.667. The Morgan fingerprint density at radius 3 is 2.77 bits per heavy atom. The second-order valence-electron chi connectivity index (χ2n) is 7.38. The summed E-state index contributed by atoms with van der Waals surface area (Å²) in [5.74, 6) is -0.278. The Morgan fingerprint density at radius 2 is 2.07 bits per heavy atom. The van der Waals surface area contributed by atoms with Crippen LogP contribution in [0.2, 0.25) is 0 Å². The molecule has 2 rings (SSSR count). The number of methoxy groups -OCH3 is 2. The largest absolute Gasteiger partial charge is 0.382 e. The summed E-state index contributed by atoms with van der Waals surface area (Å²) in [4.78, 5) is 38.7. The van der Waals surface area contributed by atoms with Gasteiger partial charge in [-0.25, -0.2) is 4.79 Å². The van der Waals surface area contributed by atoms with Crippen LogP contribution in [0, 0.1) is 0 Å². The highest BCUT2D eigenvalue weighted by molar-refractivity contribution is 5.91. The molecule has 9 nitrogen and oxygen atoms in total. The molecule has 1 amide bonds. The van der Waals surface area contributed by atoms with E-state index >= 15 is 0 Å². The fourth-order valence-electron chi connectivity index (χ4n) is 3.43. The van der Waals surface area contributed by atoms with E-state index in [9.17, 15) is 14.4 Å². The van der Waals surface area contributed by atoms with Crippen molar-refractivity contribution in [2.75, 3.05) is 27.4 Å². The second kappa shape index (κ2) is 12.5. The molecular weight excluding hydrogens is 390 g/mol. The van der Waals surface area contributed by atoms with Gasteiger partial charge in [-0.15, -0.1) is 0 Å². The first kappa shape index (κ1) is 24.0. The molecule has 2 N–H and O–H groups in total. The van der Waals surface area contributed by atoms with Crippen LogP contribution in [0.15, 0.2) is 21.9 Å².